The zero-order valence-electron chi connectivity index (χ0n) is 17.7. The number of fused-ring (bicyclic) bond motifs is 1. The molecule has 0 fully saturated rings. The van der Waals surface area contributed by atoms with Gasteiger partial charge in [-0.1, -0.05) is 63.8 Å². The summed E-state index contributed by atoms with van der Waals surface area (Å²) in [4.78, 5) is 0. The Hall–Kier alpha value is -2.68. The molecule has 3 nitrogen and oxygen atoms in total. The number of para-hydroxylation sites is 1. The van der Waals surface area contributed by atoms with E-state index in [4.69, 9.17) is 14.2 Å². The highest BCUT2D eigenvalue weighted by Crippen LogP contribution is 2.39. The van der Waals surface area contributed by atoms with E-state index in [0.29, 0.717) is 6.61 Å². The van der Waals surface area contributed by atoms with Crippen LogP contribution in [0.25, 0.3) is 10.8 Å². The molecule has 3 aromatic rings. The molecule has 154 valence electrons. The number of hydrogen-bond acceptors (Lipinski definition) is 3. The smallest absolute Gasteiger partial charge is 0.169 e. The Morgan fingerprint density at radius 3 is 2.10 bits per heavy atom. The van der Waals surface area contributed by atoms with Crippen LogP contribution >= 0.6 is 0 Å². The molecule has 0 heterocycles. The molecule has 0 saturated heterocycles. The Morgan fingerprint density at radius 1 is 0.655 bits per heavy atom. The van der Waals surface area contributed by atoms with Gasteiger partial charge in [0.2, 0.25) is 0 Å². The van der Waals surface area contributed by atoms with Crippen molar-refractivity contribution in [2.45, 2.75) is 52.4 Å². The monoisotopic (exact) mass is 392 g/mol. The predicted molar refractivity (Wildman–Crippen MR) is 121 cm³/mol. The minimum atomic E-state index is 0.688. The fraction of sp³-hybridized carbons (Fsp3) is 0.385. The Balaban J connectivity index is 1.84. The second kappa shape index (κ2) is 11.4. The predicted octanol–water partition coefficient (Wildman–Crippen LogP) is 7.77. The molecule has 3 rings (SSSR count). The van der Waals surface area contributed by atoms with Crippen molar-refractivity contribution in [1.82, 2.24) is 0 Å². The lowest BCUT2D eigenvalue weighted by molar-refractivity contribution is 0.296. The Bertz CT molecular complexity index is 874. The minimum absolute atomic E-state index is 0.688. The van der Waals surface area contributed by atoms with Gasteiger partial charge in [-0.05, 0) is 54.6 Å². The van der Waals surface area contributed by atoms with E-state index in [1.165, 1.54) is 19.3 Å². The van der Waals surface area contributed by atoms with E-state index in [9.17, 15) is 0 Å². The largest absolute Gasteiger partial charge is 0.494 e. The average Bonchev–Trinajstić information content (AvgIpc) is 2.76. The van der Waals surface area contributed by atoms with Crippen molar-refractivity contribution < 1.29 is 14.2 Å². The molecule has 0 amide bonds. The van der Waals surface area contributed by atoms with E-state index in [2.05, 4.69) is 32.0 Å². The van der Waals surface area contributed by atoms with Crippen LogP contribution in [0.15, 0.2) is 60.7 Å². The first-order chi connectivity index (χ1) is 14.3. The van der Waals surface area contributed by atoms with Gasteiger partial charge in [0, 0.05) is 5.39 Å². The van der Waals surface area contributed by atoms with Crippen molar-refractivity contribution in [3.63, 3.8) is 0 Å². The first kappa shape index (κ1) is 21.0. The lowest BCUT2D eigenvalue weighted by atomic mass is 10.1. The summed E-state index contributed by atoms with van der Waals surface area (Å²) in [5.41, 5.74) is 0. The van der Waals surface area contributed by atoms with E-state index in [-0.39, 0.29) is 0 Å². The first-order valence-corrected chi connectivity index (χ1v) is 10.9. The zero-order valence-corrected chi connectivity index (χ0v) is 17.7. The number of rotatable bonds is 12. The van der Waals surface area contributed by atoms with Gasteiger partial charge in [-0.15, -0.1) is 0 Å². The van der Waals surface area contributed by atoms with Crippen LogP contribution in [-0.2, 0) is 0 Å². The van der Waals surface area contributed by atoms with Crippen LogP contribution in [0.1, 0.15) is 52.4 Å². The van der Waals surface area contributed by atoms with Crippen molar-refractivity contribution in [2.24, 2.45) is 0 Å². The molecular formula is C26H32O3. The molecule has 0 saturated carbocycles. The zero-order chi connectivity index (χ0) is 20.3. The summed E-state index contributed by atoms with van der Waals surface area (Å²) in [6.07, 6.45) is 6.86. The van der Waals surface area contributed by atoms with Crippen molar-refractivity contribution >= 4 is 10.8 Å². The molecule has 0 N–H and O–H groups in total. The minimum Gasteiger partial charge on any atom is -0.494 e. The van der Waals surface area contributed by atoms with E-state index in [0.717, 1.165) is 59.6 Å². The SMILES string of the molecule is CCCCCOc1ccc2c(OCCCCC)c(Oc3ccccc3)ccc2c1. The molecule has 0 aliphatic carbocycles. The summed E-state index contributed by atoms with van der Waals surface area (Å²) < 4.78 is 18.3. The Labute approximate surface area is 174 Å². The highest BCUT2D eigenvalue weighted by Gasteiger charge is 2.12. The maximum Gasteiger partial charge on any atom is 0.169 e. The number of ether oxygens (including phenoxy) is 3. The Kier molecular flexibility index (Phi) is 8.24. The molecule has 0 unspecified atom stereocenters. The van der Waals surface area contributed by atoms with Gasteiger partial charge in [0.25, 0.3) is 0 Å². The molecule has 29 heavy (non-hydrogen) atoms. The first-order valence-electron chi connectivity index (χ1n) is 10.9. The second-order valence-corrected chi connectivity index (χ2v) is 7.30. The summed E-state index contributed by atoms with van der Waals surface area (Å²) in [6, 6.07) is 20.1. The van der Waals surface area contributed by atoms with Gasteiger partial charge >= 0.3 is 0 Å². The van der Waals surface area contributed by atoms with E-state index in [1.807, 2.05) is 42.5 Å². The van der Waals surface area contributed by atoms with Gasteiger partial charge in [0.15, 0.2) is 11.5 Å². The standard InChI is InChI=1S/C26H32O3/c1-3-5-10-18-27-23-15-16-24-21(20-23)14-17-25(26(24)28-19-11-6-4-2)29-22-12-8-7-9-13-22/h7-9,12-17,20H,3-6,10-11,18-19H2,1-2H3. The van der Waals surface area contributed by atoms with Crippen molar-refractivity contribution in [3.8, 4) is 23.0 Å². The fourth-order valence-electron chi connectivity index (χ4n) is 3.26. The Morgan fingerprint density at radius 2 is 1.38 bits per heavy atom. The van der Waals surface area contributed by atoms with Crippen LogP contribution in [-0.4, -0.2) is 13.2 Å². The lowest BCUT2D eigenvalue weighted by Crippen LogP contribution is -2.00. The number of hydrogen-bond donors (Lipinski definition) is 0. The summed E-state index contributed by atoms with van der Waals surface area (Å²) in [6.45, 7) is 5.85. The molecule has 3 aromatic carbocycles. The van der Waals surface area contributed by atoms with Crippen LogP contribution in [0, 0.1) is 0 Å². The summed E-state index contributed by atoms with van der Waals surface area (Å²) in [5.74, 6) is 3.26. The molecule has 0 radical (unpaired) electrons. The number of benzene rings is 3. The molecule has 0 aliphatic heterocycles. The van der Waals surface area contributed by atoms with E-state index >= 15 is 0 Å². The highest BCUT2D eigenvalue weighted by molar-refractivity contribution is 5.92. The maximum absolute atomic E-state index is 6.21. The van der Waals surface area contributed by atoms with Gasteiger partial charge in [0.05, 0.1) is 13.2 Å². The summed E-state index contributed by atoms with van der Waals surface area (Å²) in [7, 11) is 0. The number of unbranched alkanes of at least 4 members (excludes halogenated alkanes) is 4. The van der Waals surface area contributed by atoms with E-state index < -0.39 is 0 Å². The fourth-order valence-corrected chi connectivity index (χ4v) is 3.26. The average molecular weight is 393 g/mol. The third-order valence-electron chi connectivity index (χ3n) is 4.89. The molecule has 0 aliphatic rings. The lowest BCUT2D eigenvalue weighted by Gasteiger charge is -2.16. The van der Waals surface area contributed by atoms with Gasteiger partial charge in [-0.3, -0.25) is 0 Å². The molecule has 0 atom stereocenters. The van der Waals surface area contributed by atoms with Crippen molar-refractivity contribution in [3.05, 3.63) is 60.7 Å². The quantitative estimate of drug-likeness (QED) is 0.295. The molecule has 0 aromatic heterocycles. The van der Waals surface area contributed by atoms with Crippen molar-refractivity contribution in [1.29, 1.82) is 0 Å². The van der Waals surface area contributed by atoms with Crippen molar-refractivity contribution in [2.75, 3.05) is 13.2 Å². The van der Waals surface area contributed by atoms with E-state index in [1.54, 1.807) is 0 Å². The maximum atomic E-state index is 6.21. The van der Waals surface area contributed by atoms with Crippen LogP contribution in [0.2, 0.25) is 0 Å². The van der Waals surface area contributed by atoms with Gasteiger partial charge in [-0.25, -0.2) is 0 Å². The summed E-state index contributed by atoms with van der Waals surface area (Å²) in [5, 5.41) is 2.15. The third-order valence-corrected chi connectivity index (χ3v) is 4.89. The highest BCUT2D eigenvalue weighted by atomic mass is 16.5. The normalized spacial score (nSPS) is 10.8. The summed E-state index contributed by atoms with van der Waals surface area (Å²) >= 11 is 0. The molecule has 0 spiro atoms. The van der Waals surface area contributed by atoms with Gasteiger partial charge < -0.3 is 14.2 Å². The molecular weight excluding hydrogens is 360 g/mol. The van der Waals surface area contributed by atoms with Crippen LogP contribution < -0.4 is 14.2 Å². The van der Waals surface area contributed by atoms with Crippen LogP contribution in [0.3, 0.4) is 0 Å². The molecule has 3 heteroatoms. The topological polar surface area (TPSA) is 27.7 Å². The molecule has 0 bridgehead atoms. The van der Waals surface area contributed by atoms with Gasteiger partial charge in [0.1, 0.15) is 11.5 Å². The van der Waals surface area contributed by atoms with Gasteiger partial charge in [-0.2, -0.15) is 0 Å². The van der Waals surface area contributed by atoms with Crippen LogP contribution in [0.4, 0.5) is 0 Å². The second-order valence-electron chi connectivity index (χ2n) is 7.30. The third kappa shape index (κ3) is 6.15. The van der Waals surface area contributed by atoms with Crippen LogP contribution in [0.5, 0.6) is 23.0 Å².